The van der Waals surface area contributed by atoms with Gasteiger partial charge in [0.05, 0.1) is 6.04 Å². The summed E-state index contributed by atoms with van der Waals surface area (Å²) in [5.74, 6) is 0.370. The van der Waals surface area contributed by atoms with Crippen LogP contribution in [0.3, 0.4) is 0 Å². The van der Waals surface area contributed by atoms with E-state index in [9.17, 15) is 14.0 Å². The lowest BCUT2D eigenvalue weighted by atomic mass is 9.64. The van der Waals surface area contributed by atoms with Crippen LogP contribution in [0.2, 0.25) is 16.6 Å². The predicted molar refractivity (Wildman–Crippen MR) is 176 cm³/mol. The minimum Gasteiger partial charge on any atom is -0.446 e. The van der Waals surface area contributed by atoms with Gasteiger partial charge in [0.2, 0.25) is 0 Å². The second-order valence-corrected chi connectivity index (χ2v) is 20.4. The Morgan fingerprint density at radius 2 is 1.51 bits per heavy atom. The molecule has 4 atom stereocenters. The van der Waals surface area contributed by atoms with Crippen molar-refractivity contribution in [3.05, 3.63) is 82.9 Å². The highest BCUT2D eigenvalue weighted by molar-refractivity contribution is 6.93. The zero-order chi connectivity index (χ0) is 31.7. The Morgan fingerprint density at radius 1 is 0.930 bits per heavy atom. The monoisotopic (exact) mass is 605 g/mol. The molecule has 0 aromatic heterocycles. The fourth-order valence-electron chi connectivity index (χ4n) is 8.67. The molecule has 0 saturated heterocycles. The minimum absolute atomic E-state index is 0.107. The summed E-state index contributed by atoms with van der Waals surface area (Å²) >= 11 is 0. The number of halogens is 1. The molecule has 1 aliphatic carbocycles. The van der Waals surface area contributed by atoms with Crippen molar-refractivity contribution in [2.75, 3.05) is 0 Å². The fourth-order valence-corrected chi connectivity index (χ4v) is 15.5. The Morgan fingerprint density at radius 3 is 2.07 bits per heavy atom. The number of hydrogen-bond acceptors (Lipinski definition) is 3. The van der Waals surface area contributed by atoms with E-state index in [1.807, 2.05) is 12.3 Å². The van der Waals surface area contributed by atoms with Crippen molar-refractivity contribution >= 4 is 20.0 Å². The van der Waals surface area contributed by atoms with Crippen LogP contribution in [0.4, 0.5) is 9.18 Å². The fraction of sp³-hybridized carbons (Fsp3) is 0.568. The lowest BCUT2D eigenvalue weighted by Gasteiger charge is -2.48. The lowest BCUT2D eigenvalue weighted by molar-refractivity contribution is -0.116. The van der Waals surface area contributed by atoms with Gasteiger partial charge >= 0.3 is 6.09 Å². The summed E-state index contributed by atoms with van der Waals surface area (Å²) in [5, 5.41) is 0.834. The Labute approximate surface area is 260 Å². The average molecular weight is 606 g/mol. The molecule has 4 nitrogen and oxygen atoms in total. The standard InChI is InChI=1S/C37H52FNO3Si/c1-24(2)43(25(3)4,26(5)6)35-23-39(32(22-33(35)40)28-16-18-30(38)19-17-28)36(41)42-34-21-27(7)15-20-31(34)37(8,9)29-13-11-10-12-14-29/h10-14,16-19,23-27,31-32,34H,15,20-22H2,1-9H3/t27-,31-,32+,34-/m1/s1. The number of carbonyl (C=O) groups excluding carboxylic acids is 2. The molecule has 0 bridgehead atoms. The maximum Gasteiger partial charge on any atom is 0.414 e. The Kier molecular flexibility index (Phi) is 10.1. The molecule has 234 valence electrons. The van der Waals surface area contributed by atoms with Crippen molar-refractivity contribution in [3.8, 4) is 0 Å². The molecule has 1 fully saturated rings. The van der Waals surface area contributed by atoms with Crippen molar-refractivity contribution in [1.82, 2.24) is 4.90 Å². The van der Waals surface area contributed by atoms with Crippen LogP contribution < -0.4 is 0 Å². The van der Waals surface area contributed by atoms with Crippen LogP contribution in [0.5, 0.6) is 0 Å². The van der Waals surface area contributed by atoms with Gasteiger partial charge in [0.1, 0.15) is 20.0 Å². The first-order valence-corrected chi connectivity index (χ1v) is 18.5. The smallest absolute Gasteiger partial charge is 0.414 e. The zero-order valence-electron chi connectivity index (χ0n) is 27.7. The third-order valence-corrected chi connectivity index (χ3v) is 17.9. The average Bonchev–Trinajstić information content (AvgIpc) is 2.94. The summed E-state index contributed by atoms with van der Waals surface area (Å²) < 4.78 is 20.5. The Hall–Kier alpha value is -2.73. The highest BCUT2D eigenvalue weighted by Gasteiger charge is 2.51. The highest BCUT2D eigenvalue weighted by atomic mass is 28.3. The third kappa shape index (κ3) is 6.41. The van der Waals surface area contributed by atoms with E-state index in [1.54, 1.807) is 17.0 Å². The van der Waals surface area contributed by atoms with Crippen LogP contribution in [-0.4, -0.2) is 31.0 Å². The Balaban J connectivity index is 1.78. The molecule has 0 radical (unpaired) electrons. The van der Waals surface area contributed by atoms with Gasteiger partial charge in [-0.1, -0.05) is 111 Å². The first-order valence-electron chi connectivity index (χ1n) is 16.3. The maximum absolute atomic E-state index is 14.4. The summed E-state index contributed by atoms with van der Waals surface area (Å²) in [6, 6.07) is 16.2. The van der Waals surface area contributed by atoms with Gasteiger partial charge in [0, 0.05) is 18.5 Å². The van der Waals surface area contributed by atoms with Crippen LogP contribution in [0.1, 0.15) is 105 Å². The van der Waals surface area contributed by atoms with Crippen molar-refractivity contribution < 1.29 is 18.7 Å². The summed E-state index contributed by atoms with van der Waals surface area (Å²) in [4.78, 5) is 30.2. The minimum atomic E-state index is -2.37. The summed E-state index contributed by atoms with van der Waals surface area (Å²) in [6.07, 6.45) is 4.25. The van der Waals surface area contributed by atoms with Gasteiger partial charge in [0.15, 0.2) is 5.78 Å². The SMILES string of the molecule is CC(C)[Si](C1=CN(C(=O)O[C@@H]2C[C@H](C)CC[C@H]2C(C)(C)c2ccccc2)[C@H](c2ccc(F)cc2)CC1=O)(C(C)C)C(C)C. The van der Waals surface area contributed by atoms with E-state index in [1.165, 1.54) is 17.7 Å². The number of hydrogen-bond donors (Lipinski definition) is 0. The number of carbonyl (C=O) groups is 2. The largest absolute Gasteiger partial charge is 0.446 e. The van der Waals surface area contributed by atoms with Gasteiger partial charge in [-0.2, -0.15) is 0 Å². The van der Waals surface area contributed by atoms with E-state index < -0.39 is 20.2 Å². The van der Waals surface area contributed by atoms with Gasteiger partial charge in [0.25, 0.3) is 0 Å². The number of ketones is 1. The molecule has 4 rings (SSSR count). The van der Waals surface area contributed by atoms with E-state index in [-0.39, 0.29) is 35.5 Å². The van der Waals surface area contributed by atoms with Crippen LogP contribution in [-0.2, 0) is 14.9 Å². The van der Waals surface area contributed by atoms with Crippen LogP contribution in [0.25, 0.3) is 0 Å². The third-order valence-electron chi connectivity index (χ3n) is 10.8. The molecule has 0 spiro atoms. The molecule has 0 unspecified atom stereocenters. The molecule has 1 amide bonds. The molecule has 2 aromatic rings. The van der Waals surface area contributed by atoms with E-state index in [4.69, 9.17) is 4.74 Å². The molecule has 1 saturated carbocycles. The number of amides is 1. The number of benzene rings is 2. The quantitative estimate of drug-likeness (QED) is 0.281. The van der Waals surface area contributed by atoms with E-state index in [0.29, 0.717) is 22.5 Å². The number of ether oxygens (including phenoxy) is 1. The molecule has 43 heavy (non-hydrogen) atoms. The van der Waals surface area contributed by atoms with Gasteiger partial charge in [-0.15, -0.1) is 0 Å². The Bertz CT molecular complexity index is 1280. The van der Waals surface area contributed by atoms with Crippen LogP contribution >= 0.6 is 0 Å². The number of rotatable bonds is 8. The summed E-state index contributed by atoms with van der Waals surface area (Å²) in [6.45, 7) is 20.1. The second-order valence-electron chi connectivity index (χ2n) is 14.6. The topological polar surface area (TPSA) is 46.6 Å². The molecular weight excluding hydrogens is 553 g/mol. The molecule has 2 aliphatic rings. The number of nitrogens with zero attached hydrogens (tertiary/aromatic N) is 1. The predicted octanol–water partition coefficient (Wildman–Crippen LogP) is 10.2. The maximum atomic E-state index is 14.4. The first kappa shape index (κ1) is 33.2. The van der Waals surface area contributed by atoms with E-state index in [2.05, 4.69) is 86.6 Å². The van der Waals surface area contributed by atoms with Gasteiger partial charge in [-0.3, -0.25) is 9.69 Å². The number of Topliss-reactive ketones (excluding diaryl/α,β-unsaturated/α-hetero) is 1. The van der Waals surface area contributed by atoms with Crippen molar-refractivity contribution in [2.24, 2.45) is 11.8 Å². The van der Waals surface area contributed by atoms with E-state index in [0.717, 1.165) is 30.0 Å². The van der Waals surface area contributed by atoms with Gasteiger partial charge in [-0.05, 0) is 69.3 Å². The lowest BCUT2D eigenvalue weighted by Crippen LogP contribution is -2.52. The van der Waals surface area contributed by atoms with E-state index >= 15 is 0 Å². The normalized spacial score (nSPS) is 23.6. The first-order chi connectivity index (χ1) is 20.2. The van der Waals surface area contributed by atoms with Crippen molar-refractivity contribution in [1.29, 1.82) is 0 Å². The molecule has 1 heterocycles. The molecule has 6 heteroatoms. The second kappa shape index (κ2) is 13.1. The highest BCUT2D eigenvalue weighted by Crippen LogP contribution is 2.50. The van der Waals surface area contributed by atoms with Gasteiger partial charge < -0.3 is 4.74 Å². The zero-order valence-corrected chi connectivity index (χ0v) is 28.7. The summed E-state index contributed by atoms with van der Waals surface area (Å²) in [7, 11) is -2.37. The van der Waals surface area contributed by atoms with Gasteiger partial charge in [-0.25, -0.2) is 9.18 Å². The molecular formula is C37H52FNO3Si. The molecule has 1 aliphatic heterocycles. The van der Waals surface area contributed by atoms with Crippen molar-refractivity contribution in [2.45, 2.75) is 122 Å². The van der Waals surface area contributed by atoms with Crippen LogP contribution in [0, 0.1) is 17.7 Å². The number of allylic oxidation sites excluding steroid dienone is 1. The molecule has 2 aromatic carbocycles. The summed E-state index contributed by atoms with van der Waals surface area (Å²) in [5.41, 5.74) is 2.75. The van der Waals surface area contributed by atoms with Crippen molar-refractivity contribution in [3.63, 3.8) is 0 Å². The van der Waals surface area contributed by atoms with Crippen LogP contribution in [0.15, 0.2) is 66.0 Å². The molecule has 0 N–H and O–H groups in total.